The van der Waals surface area contributed by atoms with E-state index in [1.807, 2.05) is 39.8 Å². The maximum absolute atomic E-state index is 13.8. The van der Waals surface area contributed by atoms with Crippen molar-refractivity contribution >= 4 is 17.7 Å². The van der Waals surface area contributed by atoms with Crippen LogP contribution in [0.3, 0.4) is 0 Å². The van der Waals surface area contributed by atoms with E-state index in [9.17, 15) is 27.6 Å². The van der Waals surface area contributed by atoms with Gasteiger partial charge in [0.15, 0.2) is 0 Å². The second-order valence-electron chi connectivity index (χ2n) is 11.8. The number of likely N-dealkylation sites (tertiary alicyclic amines) is 1. The van der Waals surface area contributed by atoms with E-state index in [-0.39, 0.29) is 30.4 Å². The summed E-state index contributed by atoms with van der Waals surface area (Å²) in [5.74, 6) is -0.848. The molecule has 2 aromatic rings. The van der Waals surface area contributed by atoms with Gasteiger partial charge < -0.3 is 15.0 Å². The number of nitrogens with one attached hydrogen (secondary N) is 1. The average molecular weight is 560 g/mol. The van der Waals surface area contributed by atoms with Gasteiger partial charge >= 0.3 is 6.18 Å². The van der Waals surface area contributed by atoms with Crippen molar-refractivity contribution in [2.75, 3.05) is 19.7 Å². The fraction of sp³-hybridized carbons (Fsp3) is 0.500. The van der Waals surface area contributed by atoms with Crippen LogP contribution in [-0.4, -0.2) is 59.0 Å². The fourth-order valence-electron chi connectivity index (χ4n) is 5.24. The van der Waals surface area contributed by atoms with Crippen LogP contribution in [0, 0.1) is 12.3 Å². The van der Waals surface area contributed by atoms with Gasteiger partial charge in [-0.25, -0.2) is 0 Å². The zero-order valence-corrected chi connectivity index (χ0v) is 23.3. The van der Waals surface area contributed by atoms with Crippen molar-refractivity contribution in [1.82, 2.24) is 15.1 Å². The summed E-state index contributed by atoms with van der Waals surface area (Å²) in [6.45, 7) is 8.48. The normalized spacial score (nSPS) is 19.1. The molecule has 1 atom stereocenters. The number of carbonyl (C=O) groups excluding carboxylic acids is 3. The third-order valence-electron chi connectivity index (χ3n) is 7.38. The Labute approximate surface area is 232 Å². The molecular formula is C30H36F3N3O4. The second kappa shape index (κ2) is 11.2. The number of amides is 3. The number of alkyl halides is 3. The lowest BCUT2D eigenvalue weighted by Crippen LogP contribution is -2.59. The summed E-state index contributed by atoms with van der Waals surface area (Å²) in [6, 6.07) is 10.8. The van der Waals surface area contributed by atoms with Gasteiger partial charge in [-0.05, 0) is 42.2 Å². The van der Waals surface area contributed by atoms with Crippen molar-refractivity contribution in [3.05, 3.63) is 70.8 Å². The highest BCUT2D eigenvalue weighted by molar-refractivity contribution is 5.98. The van der Waals surface area contributed by atoms with Gasteiger partial charge in [-0.15, -0.1) is 0 Å². The van der Waals surface area contributed by atoms with Crippen molar-refractivity contribution in [2.45, 2.75) is 71.4 Å². The molecule has 216 valence electrons. The molecule has 0 aromatic heterocycles. The highest BCUT2D eigenvalue weighted by atomic mass is 19.4. The molecule has 7 nitrogen and oxygen atoms in total. The Hall–Kier alpha value is -3.40. The van der Waals surface area contributed by atoms with Crippen molar-refractivity contribution < 1.29 is 32.3 Å². The lowest BCUT2D eigenvalue weighted by molar-refractivity contribution is -0.145. The van der Waals surface area contributed by atoms with Crippen LogP contribution in [-0.2, 0) is 27.0 Å². The first-order valence-corrected chi connectivity index (χ1v) is 13.4. The zero-order chi connectivity index (χ0) is 29.3. The molecule has 0 saturated carbocycles. The summed E-state index contributed by atoms with van der Waals surface area (Å²) >= 11 is 0. The molecule has 10 heteroatoms. The molecule has 0 radical (unpaired) electrons. The highest BCUT2D eigenvalue weighted by Crippen LogP contribution is 2.39. The van der Waals surface area contributed by atoms with Gasteiger partial charge in [-0.1, -0.05) is 50.6 Å². The second-order valence-corrected chi connectivity index (χ2v) is 11.8. The maximum atomic E-state index is 13.8. The van der Waals surface area contributed by atoms with Crippen LogP contribution in [0.1, 0.15) is 67.1 Å². The molecule has 4 rings (SSSR count). The minimum Gasteiger partial charge on any atom is -0.353 e. The number of piperidine rings is 1. The van der Waals surface area contributed by atoms with E-state index in [4.69, 9.17) is 4.74 Å². The topological polar surface area (TPSA) is 79.0 Å². The Kier molecular flexibility index (Phi) is 8.31. The Morgan fingerprint density at radius 2 is 1.68 bits per heavy atom. The smallest absolute Gasteiger partial charge is 0.353 e. The van der Waals surface area contributed by atoms with Crippen LogP contribution in [0.5, 0.6) is 0 Å². The quantitative estimate of drug-likeness (QED) is 0.564. The van der Waals surface area contributed by atoms with Gasteiger partial charge in [-0.2, -0.15) is 13.2 Å². The molecule has 1 N–H and O–H groups in total. The highest BCUT2D eigenvalue weighted by Gasteiger charge is 2.54. The maximum Gasteiger partial charge on any atom is 0.416 e. The molecule has 40 heavy (non-hydrogen) atoms. The fourth-order valence-corrected chi connectivity index (χ4v) is 5.24. The van der Waals surface area contributed by atoms with Crippen LogP contribution in [0.4, 0.5) is 13.2 Å². The first kappa shape index (κ1) is 29.6. The van der Waals surface area contributed by atoms with Crippen LogP contribution in [0.25, 0.3) is 0 Å². The number of benzene rings is 2. The first-order valence-electron chi connectivity index (χ1n) is 13.4. The summed E-state index contributed by atoms with van der Waals surface area (Å²) in [6.07, 6.45) is -3.41. The molecule has 0 bridgehead atoms. The van der Waals surface area contributed by atoms with Gasteiger partial charge in [0.2, 0.25) is 11.8 Å². The van der Waals surface area contributed by atoms with E-state index in [2.05, 4.69) is 5.32 Å². The Balaban J connectivity index is 1.54. The number of carbonyl (C=O) groups is 3. The number of rotatable bonds is 5. The van der Waals surface area contributed by atoms with Crippen LogP contribution < -0.4 is 5.32 Å². The summed E-state index contributed by atoms with van der Waals surface area (Å²) in [7, 11) is 0. The van der Waals surface area contributed by atoms with E-state index < -0.39 is 29.4 Å². The third-order valence-corrected chi connectivity index (χ3v) is 7.38. The molecule has 1 unspecified atom stereocenters. The number of hydrogen-bond acceptors (Lipinski definition) is 4. The van der Waals surface area contributed by atoms with Crippen molar-refractivity contribution in [3.8, 4) is 0 Å². The van der Waals surface area contributed by atoms with Gasteiger partial charge in [0.1, 0.15) is 11.8 Å². The summed E-state index contributed by atoms with van der Waals surface area (Å²) in [4.78, 5) is 43.3. The largest absolute Gasteiger partial charge is 0.416 e. The number of halogens is 3. The third kappa shape index (κ3) is 6.66. The molecule has 3 amide bonds. The summed E-state index contributed by atoms with van der Waals surface area (Å²) in [5.41, 5.74) is -0.363. The first-order chi connectivity index (χ1) is 18.7. The number of hydrogen-bond donors (Lipinski definition) is 1. The van der Waals surface area contributed by atoms with E-state index in [1.54, 1.807) is 17.0 Å². The van der Waals surface area contributed by atoms with E-state index in [1.165, 1.54) is 17.0 Å². The lowest BCUT2D eigenvalue weighted by Gasteiger charge is -2.44. The van der Waals surface area contributed by atoms with Crippen molar-refractivity contribution in [1.29, 1.82) is 0 Å². The molecule has 2 fully saturated rings. The predicted molar refractivity (Wildman–Crippen MR) is 143 cm³/mol. The molecular weight excluding hydrogens is 523 g/mol. The monoisotopic (exact) mass is 559 g/mol. The van der Waals surface area contributed by atoms with Crippen molar-refractivity contribution in [3.63, 3.8) is 0 Å². The van der Waals surface area contributed by atoms with Gasteiger partial charge in [-0.3, -0.25) is 19.3 Å². The summed E-state index contributed by atoms with van der Waals surface area (Å²) in [5, 5.41) is 2.70. The minimum atomic E-state index is -4.49. The predicted octanol–water partition coefficient (Wildman–Crippen LogP) is 4.93. The molecule has 2 heterocycles. The molecule has 2 aliphatic rings. The summed E-state index contributed by atoms with van der Waals surface area (Å²) < 4.78 is 45.6. The average Bonchev–Trinajstić information content (AvgIpc) is 3.24. The molecule has 0 aliphatic carbocycles. The number of ether oxygens (including phenoxy) is 1. The SMILES string of the molecule is Cc1ccc(C(=O)N2C(C(=O)NCc3cccc(C(F)(F)F)c3)COC23CCN(C(=O)CC(C)(C)C)CC3)cc1. The van der Waals surface area contributed by atoms with Crippen molar-refractivity contribution in [2.24, 2.45) is 5.41 Å². The number of nitrogens with zero attached hydrogens (tertiary/aromatic N) is 2. The molecule has 2 aromatic carbocycles. The Morgan fingerprint density at radius 1 is 1.02 bits per heavy atom. The van der Waals surface area contributed by atoms with E-state index in [0.29, 0.717) is 43.5 Å². The van der Waals surface area contributed by atoms with Crippen LogP contribution >= 0.6 is 0 Å². The standard InChI is InChI=1S/C30H36F3N3O4/c1-20-8-10-22(11-9-20)27(39)36-24(26(38)34-18-21-6-5-7-23(16-21)30(31,32)33)19-40-29(36)12-14-35(15-13-29)25(37)17-28(2,3)4/h5-11,16,24H,12-15,17-19H2,1-4H3,(H,34,38). The number of aryl methyl sites for hydroxylation is 1. The Morgan fingerprint density at radius 3 is 2.27 bits per heavy atom. The Bertz CT molecular complexity index is 1250. The van der Waals surface area contributed by atoms with E-state index >= 15 is 0 Å². The zero-order valence-electron chi connectivity index (χ0n) is 23.3. The minimum absolute atomic E-state index is 0.0344. The lowest BCUT2D eigenvalue weighted by atomic mass is 9.90. The van der Waals surface area contributed by atoms with Gasteiger partial charge in [0, 0.05) is 44.5 Å². The molecule has 1 spiro atoms. The van der Waals surface area contributed by atoms with Crippen LogP contribution in [0.2, 0.25) is 0 Å². The van der Waals surface area contributed by atoms with Gasteiger partial charge in [0.05, 0.1) is 12.2 Å². The van der Waals surface area contributed by atoms with E-state index in [0.717, 1.165) is 17.7 Å². The molecule has 2 aliphatic heterocycles. The van der Waals surface area contributed by atoms with Gasteiger partial charge in [0.25, 0.3) is 5.91 Å². The van der Waals surface area contributed by atoms with Crippen LogP contribution in [0.15, 0.2) is 48.5 Å². The molecule has 2 saturated heterocycles.